The summed E-state index contributed by atoms with van der Waals surface area (Å²) in [7, 11) is 0. The van der Waals surface area contributed by atoms with E-state index in [0.717, 1.165) is 12.1 Å². The zero-order valence-corrected chi connectivity index (χ0v) is 12.3. The Kier molecular flexibility index (Phi) is 5.65. The van der Waals surface area contributed by atoms with Gasteiger partial charge in [-0.1, -0.05) is 37.9 Å². The number of nitrogens with one attached hydrogen (secondary N) is 1. The van der Waals surface area contributed by atoms with Crippen molar-refractivity contribution >= 4 is 43.5 Å². The molecule has 0 saturated heterocycles. The van der Waals surface area contributed by atoms with Crippen LogP contribution in [0.25, 0.3) is 0 Å². The van der Waals surface area contributed by atoms with E-state index < -0.39 is 16.6 Å². The van der Waals surface area contributed by atoms with Gasteiger partial charge in [-0.25, -0.2) is 0 Å². The van der Waals surface area contributed by atoms with Crippen LogP contribution in [0.3, 0.4) is 0 Å². The van der Waals surface area contributed by atoms with Gasteiger partial charge in [0.2, 0.25) is 5.91 Å². The molecule has 1 rings (SSSR count). The maximum Gasteiger partial charge on any atom is 0.416 e. The molecule has 0 spiro atoms. The maximum atomic E-state index is 12.5. The number of carbonyl (C=O) groups excluding carboxylic acids is 1. The average Bonchev–Trinajstić information content (AvgIpc) is 2.28. The van der Waals surface area contributed by atoms with Gasteiger partial charge >= 0.3 is 6.18 Å². The number of amides is 1. The molecule has 1 aromatic rings. The van der Waals surface area contributed by atoms with Crippen molar-refractivity contribution in [1.29, 1.82) is 0 Å². The van der Waals surface area contributed by atoms with Crippen molar-refractivity contribution < 1.29 is 18.0 Å². The zero-order valence-electron chi connectivity index (χ0n) is 9.10. The summed E-state index contributed by atoms with van der Waals surface area (Å²) in [5, 5.41) is 3.06. The molecule has 0 aliphatic carbocycles. The standard InChI is InChI=1S/C11H10Br2F3NO/c12-5-4-9(13)10(18)17-8-3-1-2-7(6-8)11(14,15)16/h1-3,6,9H,4-5H2,(H,17,18). The molecule has 18 heavy (non-hydrogen) atoms. The van der Waals surface area contributed by atoms with Gasteiger partial charge in [0.1, 0.15) is 0 Å². The molecule has 100 valence electrons. The van der Waals surface area contributed by atoms with Crippen molar-refractivity contribution in [3.63, 3.8) is 0 Å². The highest BCUT2D eigenvalue weighted by molar-refractivity contribution is 9.10. The molecular weight excluding hydrogens is 379 g/mol. The summed E-state index contributed by atoms with van der Waals surface area (Å²) in [6.07, 6.45) is -3.87. The summed E-state index contributed by atoms with van der Waals surface area (Å²) in [5.41, 5.74) is -0.652. The fraction of sp³-hybridized carbons (Fsp3) is 0.364. The molecule has 1 N–H and O–H groups in total. The Morgan fingerprint density at radius 2 is 2.06 bits per heavy atom. The van der Waals surface area contributed by atoms with E-state index in [9.17, 15) is 18.0 Å². The highest BCUT2D eigenvalue weighted by Crippen LogP contribution is 2.30. The lowest BCUT2D eigenvalue weighted by atomic mass is 10.2. The SMILES string of the molecule is O=C(Nc1cccc(C(F)(F)F)c1)C(Br)CCBr. The van der Waals surface area contributed by atoms with Gasteiger partial charge in [-0.05, 0) is 24.6 Å². The van der Waals surface area contributed by atoms with Gasteiger partial charge in [-0.2, -0.15) is 13.2 Å². The summed E-state index contributed by atoms with van der Waals surface area (Å²) >= 11 is 6.34. The lowest BCUT2D eigenvalue weighted by Gasteiger charge is -2.12. The fourth-order valence-corrected chi connectivity index (χ4v) is 2.64. The number of anilines is 1. The minimum Gasteiger partial charge on any atom is -0.325 e. The van der Waals surface area contributed by atoms with Crippen LogP contribution >= 0.6 is 31.9 Å². The summed E-state index contributed by atoms with van der Waals surface area (Å²) in [5.74, 6) is -0.367. The summed E-state index contributed by atoms with van der Waals surface area (Å²) in [6.45, 7) is 0. The van der Waals surface area contributed by atoms with E-state index in [1.54, 1.807) is 0 Å². The molecule has 1 aromatic carbocycles. The molecule has 0 fully saturated rings. The molecule has 0 saturated carbocycles. The Bertz CT molecular complexity index is 423. The number of hydrogen-bond acceptors (Lipinski definition) is 1. The molecule has 0 aliphatic rings. The normalized spacial score (nSPS) is 13.2. The number of benzene rings is 1. The molecule has 2 nitrogen and oxygen atoms in total. The zero-order chi connectivity index (χ0) is 13.8. The van der Waals surface area contributed by atoms with E-state index in [0.29, 0.717) is 11.8 Å². The van der Waals surface area contributed by atoms with Crippen LogP contribution in [0.4, 0.5) is 18.9 Å². The molecule has 0 radical (unpaired) electrons. The molecule has 1 amide bonds. The monoisotopic (exact) mass is 387 g/mol. The predicted octanol–water partition coefficient (Wildman–Crippen LogP) is 4.19. The second-order valence-electron chi connectivity index (χ2n) is 3.51. The van der Waals surface area contributed by atoms with Crippen molar-refractivity contribution in [1.82, 2.24) is 0 Å². The summed E-state index contributed by atoms with van der Waals surface area (Å²) < 4.78 is 37.4. The van der Waals surface area contributed by atoms with Gasteiger partial charge in [0, 0.05) is 11.0 Å². The topological polar surface area (TPSA) is 29.1 Å². The first kappa shape index (κ1) is 15.5. The average molecular weight is 389 g/mol. The van der Waals surface area contributed by atoms with Gasteiger partial charge in [0.05, 0.1) is 10.4 Å². The smallest absolute Gasteiger partial charge is 0.325 e. The quantitative estimate of drug-likeness (QED) is 0.770. The third kappa shape index (κ3) is 4.61. The van der Waals surface area contributed by atoms with E-state index >= 15 is 0 Å². The van der Waals surface area contributed by atoms with Crippen LogP contribution in [0.1, 0.15) is 12.0 Å². The molecule has 0 aliphatic heterocycles. The Labute approximate surface area is 119 Å². The van der Waals surface area contributed by atoms with Crippen molar-refractivity contribution in [2.24, 2.45) is 0 Å². The minimum atomic E-state index is -4.41. The van der Waals surface area contributed by atoms with Crippen LogP contribution in [-0.2, 0) is 11.0 Å². The van der Waals surface area contributed by atoms with Crippen LogP contribution in [0.2, 0.25) is 0 Å². The fourth-order valence-electron chi connectivity index (χ4n) is 1.22. The van der Waals surface area contributed by atoms with Gasteiger partial charge in [0.25, 0.3) is 0 Å². The van der Waals surface area contributed by atoms with E-state index in [4.69, 9.17) is 0 Å². The van der Waals surface area contributed by atoms with Gasteiger partial charge < -0.3 is 5.32 Å². The van der Waals surface area contributed by atoms with Crippen LogP contribution in [-0.4, -0.2) is 16.1 Å². The van der Waals surface area contributed by atoms with Crippen molar-refractivity contribution in [2.45, 2.75) is 17.4 Å². The molecule has 0 aromatic heterocycles. The van der Waals surface area contributed by atoms with Crippen molar-refractivity contribution in [2.75, 3.05) is 10.6 Å². The van der Waals surface area contributed by atoms with Crippen LogP contribution < -0.4 is 5.32 Å². The van der Waals surface area contributed by atoms with E-state index in [1.165, 1.54) is 12.1 Å². The number of hydrogen-bond donors (Lipinski definition) is 1. The Balaban J connectivity index is 2.77. The summed E-state index contributed by atoms with van der Waals surface area (Å²) in [4.78, 5) is 11.2. The van der Waals surface area contributed by atoms with Crippen LogP contribution in [0.5, 0.6) is 0 Å². The lowest BCUT2D eigenvalue weighted by Crippen LogP contribution is -2.23. The molecular formula is C11H10Br2F3NO. The molecule has 0 bridgehead atoms. The second kappa shape index (κ2) is 6.56. The predicted molar refractivity (Wildman–Crippen MR) is 71.2 cm³/mol. The van der Waals surface area contributed by atoms with Gasteiger partial charge in [-0.15, -0.1) is 0 Å². The number of alkyl halides is 5. The Morgan fingerprint density at radius 3 is 2.61 bits per heavy atom. The number of carbonyl (C=O) groups is 1. The lowest BCUT2D eigenvalue weighted by molar-refractivity contribution is -0.137. The van der Waals surface area contributed by atoms with Gasteiger partial charge in [0.15, 0.2) is 0 Å². The maximum absolute atomic E-state index is 12.5. The second-order valence-corrected chi connectivity index (χ2v) is 5.41. The third-order valence-corrected chi connectivity index (χ3v) is 3.44. The first-order valence-corrected chi connectivity index (χ1v) is 7.06. The Hall–Kier alpha value is -0.560. The molecule has 1 atom stereocenters. The number of rotatable bonds is 4. The van der Waals surface area contributed by atoms with Crippen LogP contribution in [0, 0.1) is 0 Å². The highest BCUT2D eigenvalue weighted by atomic mass is 79.9. The molecule has 0 heterocycles. The molecule has 7 heteroatoms. The first-order chi connectivity index (χ1) is 8.34. The Morgan fingerprint density at radius 1 is 1.39 bits per heavy atom. The van der Waals surface area contributed by atoms with Crippen molar-refractivity contribution in [3.05, 3.63) is 29.8 Å². The van der Waals surface area contributed by atoms with Crippen LogP contribution in [0.15, 0.2) is 24.3 Å². The number of halogens is 5. The molecule has 1 unspecified atom stereocenters. The summed E-state index contributed by atoms with van der Waals surface area (Å²) in [6, 6.07) is 4.54. The van der Waals surface area contributed by atoms with Gasteiger partial charge in [-0.3, -0.25) is 4.79 Å². The van der Waals surface area contributed by atoms with E-state index in [1.807, 2.05) is 0 Å². The minimum absolute atomic E-state index is 0.133. The van der Waals surface area contributed by atoms with Crippen molar-refractivity contribution in [3.8, 4) is 0 Å². The highest BCUT2D eigenvalue weighted by Gasteiger charge is 2.30. The largest absolute Gasteiger partial charge is 0.416 e. The van der Waals surface area contributed by atoms with E-state index in [2.05, 4.69) is 37.2 Å². The third-order valence-electron chi connectivity index (χ3n) is 2.10. The van der Waals surface area contributed by atoms with E-state index in [-0.39, 0.29) is 11.6 Å². The first-order valence-electron chi connectivity index (χ1n) is 5.02.